The summed E-state index contributed by atoms with van der Waals surface area (Å²) in [4.78, 5) is 8.84. The maximum absolute atomic E-state index is 14.5. The molecule has 3 rings (SSSR count). The van der Waals surface area contributed by atoms with Gasteiger partial charge in [0.05, 0.1) is 6.61 Å². The molecule has 1 aromatic carbocycles. The fourth-order valence-corrected chi connectivity index (χ4v) is 3.49. The largest absolute Gasteiger partial charge is 0.491 e. The Morgan fingerprint density at radius 1 is 1.26 bits per heavy atom. The number of benzene rings is 1. The van der Waals surface area contributed by atoms with Crippen molar-refractivity contribution < 1.29 is 13.5 Å². The summed E-state index contributed by atoms with van der Waals surface area (Å²) >= 11 is 1.46. The molecule has 1 aromatic heterocycles. The highest BCUT2D eigenvalue weighted by Gasteiger charge is 2.19. The van der Waals surface area contributed by atoms with Crippen LogP contribution in [0.4, 0.5) is 20.3 Å². The average Bonchev–Trinajstić information content (AvgIpc) is 3.18. The fraction of sp³-hybridized carbons (Fsp3) is 0.474. The zero-order valence-electron chi connectivity index (χ0n) is 15.5. The Hall–Kier alpha value is -2.09. The molecule has 0 aliphatic heterocycles. The molecule has 0 amide bonds. The molecular formula is C19H24F2N4OS. The minimum absolute atomic E-state index is 0.0275. The lowest BCUT2D eigenvalue weighted by Gasteiger charge is -2.18. The highest BCUT2D eigenvalue weighted by molar-refractivity contribution is 7.98. The molecule has 146 valence electrons. The number of thioether (sulfide) groups is 1. The quantitative estimate of drug-likeness (QED) is 0.493. The van der Waals surface area contributed by atoms with Crippen molar-refractivity contribution in [2.24, 2.45) is 0 Å². The van der Waals surface area contributed by atoms with Crippen molar-refractivity contribution in [2.45, 2.75) is 50.4 Å². The van der Waals surface area contributed by atoms with E-state index in [1.54, 1.807) is 13.1 Å². The van der Waals surface area contributed by atoms with Gasteiger partial charge in [-0.15, -0.1) is 0 Å². The summed E-state index contributed by atoms with van der Waals surface area (Å²) in [6.45, 7) is 2.26. The standard InChI is InChI=1S/C19H24F2N4OS/c1-3-26-15-9-8-14(20)17(16(15)21)22-10-12-11-23-19(27-2)25-18(12)24-13-6-4-5-7-13/h8-9,11,13,22H,3-7,10H2,1-2H3,(H,23,24,25). The van der Waals surface area contributed by atoms with Crippen molar-refractivity contribution >= 4 is 23.3 Å². The monoisotopic (exact) mass is 394 g/mol. The second-order valence-electron chi connectivity index (χ2n) is 6.38. The minimum Gasteiger partial charge on any atom is -0.491 e. The maximum atomic E-state index is 14.5. The number of nitrogens with one attached hydrogen (secondary N) is 2. The van der Waals surface area contributed by atoms with Gasteiger partial charge >= 0.3 is 0 Å². The van der Waals surface area contributed by atoms with Gasteiger partial charge in [0.2, 0.25) is 0 Å². The van der Waals surface area contributed by atoms with Crippen LogP contribution in [0.3, 0.4) is 0 Å². The zero-order valence-corrected chi connectivity index (χ0v) is 16.3. The lowest BCUT2D eigenvalue weighted by atomic mass is 10.2. The van der Waals surface area contributed by atoms with Gasteiger partial charge < -0.3 is 15.4 Å². The number of nitrogens with zero attached hydrogens (tertiary/aromatic N) is 2. The van der Waals surface area contributed by atoms with E-state index in [4.69, 9.17) is 4.74 Å². The van der Waals surface area contributed by atoms with Crippen LogP contribution in [-0.2, 0) is 6.54 Å². The van der Waals surface area contributed by atoms with Gasteiger partial charge in [-0.05, 0) is 38.2 Å². The first-order valence-corrected chi connectivity index (χ1v) is 10.4. The topological polar surface area (TPSA) is 59.1 Å². The Bertz CT molecular complexity index is 785. The van der Waals surface area contributed by atoms with Crippen molar-refractivity contribution in [2.75, 3.05) is 23.5 Å². The minimum atomic E-state index is -0.733. The molecule has 1 saturated carbocycles. The van der Waals surface area contributed by atoms with E-state index >= 15 is 0 Å². The first-order valence-electron chi connectivity index (χ1n) is 9.13. The van der Waals surface area contributed by atoms with Crippen LogP contribution in [-0.4, -0.2) is 28.9 Å². The molecule has 1 heterocycles. The molecule has 0 saturated heterocycles. The molecule has 1 fully saturated rings. The van der Waals surface area contributed by atoms with E-state index in [-0.39, 0.29) is 18.0 Å². The molecule has 0 unspecified atom stereocenters. The average molecular weight is 394 g/mol. The summed E-state index contributed by atoms with van der Waals surface area (Å²) < 4.78 is 33.8. The van der Waals surface area contributed by atoms with E-state index in [1.807, 2.05) is 6.26 Å². The van der Waals surface area contributed by atoms with Gasteiger partial charge in [-0.1, -0.05) is 24.6 Å². The van der Waals surface area contributed by atoms with Crippen LogP contribution >= 0.6 is 11.8 Å². The number of anilines is 2. The number of hydrogen-bond acceptors (Lipinski definition) is 6. The molecule has 0 atom stereocenters. The van der Waals surface area contributed by atoms with Gasteiger partial charge in [-0.3, -0.25) is 0 Å². The third-order valence-electron chi connectivity index (χ3n) is 4.53. The Morgan fingerprint density at radius 3 is 2.74 bits per heavy atom. The fourth-order valence-electron chi connectivity index (χ4n) is 3.15. The predicted molar refractivity (Wildman–Crippen MR) is 105 cm³/mol. The maximum Gasteiger partial charge on any atom is 0.191 e. The molecule has 1 aliphatic rings. The van der Waals surface area contributed by atoms with Crippen molar-refractivity contribution in [3.63, 3.8) is 0 Å². The van der Waals surface area contributed by atoms with Gasteiger partial charge in [0.1, 0.15) is 17.3 Å². The van der Waals surface area contributed by atoms with E-state index in [9.17, 15) is 8.78 Å². The highest BCUT2D eigenvalue weighted by atomic mass is 32.2. The molecule has 5 nitrogen and oxygen atoms in total. The summed E-state index contributed by atoms with van der Waals surface area (Å²) in [5.41, 5.74) is 0.557. The molecule has 27 heavy (non-hydrogen) atoms. The normalized spacial score (nSPS) is 14.4. The number of halogens is 2. The third-order valence-corrected chi connectivity index (χ3v) is 5.09. The first kappa shape index (κ1) is 19.7. The molecule has 2 N–H and O–H groups in total. The zero-order chi connectivity index (χ0) is 19.2. The van der Waals surface area contributed by atoms with E-state index in [0.717, 1.165) is 24.2 Å². The van der Waals surface area contributed by atoms with Crippen LogP contribution in [0, 0.1) is 11.6 Å². The molecule has 8 heteroatoms. The predicted octanol–water partition coefficient (Wildman–Crippen LogP) is 4.84. The molecule has 0 spiro atoms. The van der Waals surface area contributed by atoms with E-state index in [0.29, 0.717) is 17.8 Å². The van der Waals surface area contributed by atoms with Crippen LogP contribution in [0.5, 0.6) is 5.75 Å². The molecule has 0 radical (unpaired) electrons. The highest BCUT2D eigenvalue weighted by Crippen LogP contribution is 2.29. The molecule has 1 aliphatic carbocycles. The lowest BCUT2D eigenvalue weighted by Crippen LogP contribution is -2.18. The number of ether oxygens (including phenoxy) is 1. The van der Waals surface area contributed by atoms with Gasteiger partial charge in [-0.25, -0.2) is 18.7 Å². The Labute approximate surface area is 162 Å². The van der Waals surface area contributed by atoms with E-state index in [2.05, 4.69) is 20.6 Å². The first-order chi connectivity index (χ1) is 13.1. The van der Waals surface area contributed by atoms with Gasteiger partial charge in [0, 0.05) is 24.3 Å². The third kappa shape index (κ3) is 4.80. The second-order valence-corrected chi connectivity index (χ2v) is 7.15. The van der Waals surface area contributed by atoms with Gasteiger partial charge in [-0.2, -0.15) is 0 Å². The van der Waals surface area contributed by atoms with Crippen LogP contribution in [0.25, 0.3) is 0 Å². The summed E-state index contributed by atoms with van der Waals surface area (Å²) in [6.07, 6.45) is 8.22. The van der Waals surface area contributed by atoms with Crippen molar-refractivity contribution in [3.05, 3.63) is 35.5 Å². The van der Waals surface area contributed by atoms with E-state index < -0.39 is 11.6 Å². The van der Waals surface area contributed by atoms with Crippen molar-refractivity contribution in [1.29, 1.82) is 0 Å². The SMILES string of the molecule is CCOc1ccc(F)c(NCc2cnc(SC)nc2NC2CCCC2)c1F. The van der Waals surface area contributed by atoms with Crippen LogP contribution in [0.15, 0.2) is 23.5 Å². The van der Waals surface area contributed by atoms with Gasteiger partial charge in [0.25, 0.3) is 0 Å². The number of rotatable bonds is 8. The van der Waals surface area contributed by atoms with Crippen LogP contribution in [0.2, 0.25) is 0 Å². The van der Waals surface area contributed by atoms with Crippen molar-refractivity contribution in [1.82, 2.24) is 9.97 Å². The molecule has 0 bridgehead atoms. The van der Waals surface area contributed by atoms with Gasteiger partial charge in [0.15, 0.2) is 16.7 Å². The Morgan fingerprint density at radius 2 is 2.04 bits per heavy atom. The number of aromatic nitrogens is 2. The molecular weight excluding hydrogens is 370 g/mol. The smallest absolute Gasteiger partial charge is 0.191 e. The van der Waals surface area contributed by atoms with Crippen LogP contribution < -0.4 is 15.4 Å². The summed E-state index contributed by atoms with van der Waals surface area (Å²) in [5, 5.41) is 6.97. The summed E-state index contributed by atoms with van der Waals surface area (Å²) in [5.74, 6) is -0.651. The Kier molecular flexibility index (Phi) is 6.71. The van der Waals surface area contributed by atoms with E-state index in [1.165, 1.54) is 36.7 Å². The summed E-state index contributed by atoms with van der Waals surface area (Å²) in [7, 11) is 0. The second kappa shape index (κ2) is 9.21. The summed E-state index contributed by atoms with van der Waals surface area (Å²) in [6, 6.07) is 2.87. The van der Waals surface area contributed by atoms with Crippen LogP contribution in [0.1, 0.15) is 38.2 Å². The number of hydrogen-bond donors (Lipinski definition) is 2. The molecule has 2 aromatic rings. The Balaban J connectivity index is 1.80. The lowest BCUT2D eigenvalue weighted by molar-refractivity contribution is 0.321. The van der Waals surface area contributed by atoms with Crippen molar-refractivity contribution in [3.8, 4) is 5.75 Å².